The normalized spacial score (nSPS) is 28.7. The summed E-state index contributed by atoms with van der Waals surface area (Å²) in [6, 6.07) is 16.6. The Balaban J connectivity index is 1.24. The second kappa shape index (κ2) is 10.7. The highest BCUT2D eigenvalue weighted by molar-refractivity contribution is 8.02. The maximum Gasteiger partial charge on any atom is 0.248 e. The van der Waals surface area contributed by atoms with Crippen molar-refractivity contribution in [3.8, 4) is 0 Å². The zero-order valence-corrected chi connectivity index (χ0v) is 23.8. The van der Waals surface area contributed by atoms with Gasteiger partial charge in [-0.25, -0.2) is 4.68 Å². The molecule has 1 spiro atoms. The van der Waals surface area contributed by atoms with E-state index < -0.39 is 22.6 Å². The van der Waals surface area contributed by atoms with Crippen LogP contribution in [-0.4, -0.2) is 94.8 Å². The number of hydrogen-bond acceptors (Lipinski definition) is 7. The van der Waals surface area contributed by atoms with Crippen LogP contribution in [0.25, 0.3) is 11.0 Å². The molecule has 3 aromatic rings. The number of likely N-dealkylation sites (tertiary alicyclic amines) is 1. The average Bonchev–Trinajstić information content (AvgIpc) is 3.56. The van der Waals surface area contributed by atoms with Gasteiger partial charge < -0.3 is 19.8 Å². The molecule has 3 amide bonds. The van der Waals surface area contributed by atoms with Gasteiger partial charge in [-0.2, -0.15) is 0 Å². The summed E-state index contributed by atoms with van der Waals surface area (Å²) in [4.78, 5) is 48.1. The summed E-state index contributed by atoms with van der Waals surface area (Å²) in [7, 11) is 0. The number of aliphatic hydroxyl groups is 1. The predicted octanol–water partition coefficient (Wildman–Crippen LogP) is 2.07. The molecular weight excluding hydrogens is 552 g/mol. The number of thioether (sulfide) groups is 1. The van der Waals surface area contributed by atoms with E-state index in [0.29, 0.717) is 26.1 Å². The Hall–Kier alpha value is -3.96. The Morgan fingerprint density at radius 2 is 1.71 bits per heavy atom. The van der Waals surface area contributed by atoms with Crippen molar-refractivity contribution in [2.45, 2.75) is 35.7 Å². The fraction of sp³-hybridized carbons (Fsp3) is 0.387. The minimum atomic E-state index is -0.895. The first-order chi connectivity index (χ1) is 20.5. The summed E-state index contributed by atoms with van der Waals surface area (Å²) >= 11 is 1.56. The molecule has 5 atom stereocenters. The molecule has 7 rings (SSSR count). The van der Waals surface area contributed by atoms with Crippen molar-refractivity contribution < 1.29 is 19.5 Å². The third-order valence-electron chi connectivity index (χ3n) is 8.82. The van der Waals surface area contributed by atoms with Crippen molar-refractivity contribution in [3.05, 3.63) is 84.5 Å². The minimum absolute atomic E-state index is 0.0598. The Labute approximate surface area is 247 Å². The maximum absolute atomic E-state index is 14.4. The van der Waals surface area contributed by atoms with Crippen LogP contribution in [0, 0.1) is 11.8 Å². The van der Waals surface area contributed by atoms with Crippen molar-refractivity contribution >= 4 is 40.5 Å². The van der Waals surface area contributed by atoms with Gasteiger partial charge in [0.05, 0.1) is 22.1 Å². The lowest BCUT2D eigenvalue weighted by Crippen LogP contribution is -2.53. The Morgan fingerprint density at radius 3 is 2.55 bits per heavy atom. The maximum atomic E-state index is 14.4. The summed E-state index contributed by atoms with van der Waals surface area (Å²) in [5.74, 6) is -1.71. The molecule has 2 aromatic carbocycles. The molecule has 4 aliphatic rings. The number of benzene rings is 2. The van der Waals surface area contributed by atoms with Gasteiger partial charge in [-0.1, -0.05) is 72.0 Å². The predicted molar refractivity (Wildman–Crippen MR) is 158 cm³/mol. The van der Waals surface area contributed by atoms with Gasteiger partial charge in [0.15, 0.2) is 0 Å². The number of carbonyl (C=O) groups excluding carboxylic acids is 3. The molecule has 216 valence electrons. The van der Waals surface area contributed by atoms with Crippen molar-refractivity contribution in [2.24, 2.45) is 11.8 Å². The first-order valence-corrected chi connectivity index (χ1v) is 15.2. The number of carbonyl (C=O) groups is 3. The van der Waals surface area contributed by atoms with E-state index in [9.17, 15) is 19.5 Å². The monoisotopic (exact) mass is 584 g/mol. The third-order valence-corrected chi connectivity index (χ3v) is 10.6. The van der Waals surface area contributed by atoms with Crippen LogP contribution in [0.3, 0.4) is 0 Å². The molecule has 0 bridgehead atoms. The highest BCUT2D eigenvalue weighted by atomic mass is 32.2. The number of aliphatic hydroxyl groups excluding tert-OH is 1. The smallest absolute Gasteiger partial charge is 0.248 e. The van der Waals surface area contributed by atoms with Crippen LogP contribution in [-0.2, 0) is 27.6 Å². The first-order valence-electron chi connectivity index (χ1n) is 14.3. The Bertz CT molecular complexity index is 1590. The van der Waals surface area contributed by atoms with Crippen molar-refractivity contribution in [3.63, 3.8) is 0 Å². The van der Waals surface area contributed by atoms with Crippen LogP contribution in [0.5, 0.6) is 0 Å². The fourth-order valence-corrected chi connectivity index (χ4v) is 8.98. The second-order valence-corrected chi connectivity index (χ2v) is 12.8. The molecule has 42 heavy (non-hydrogen) atoms. The number of fused-ring (bicyclic) bond motifs is 3. The number of aromatic nitrogens is 3. The van der Waals surface area contributed by atoms with Gasteiger partial charge >= 0.3 is 0 Å². The lowest BCUT2D eigenvalue weighted by Gasteiger charge is -2.35. The van der Waals surface area contributed by atoms with E-state index in [0.717, 1.165) is 16.6 Å². The summed E-state index contributed by atoms with van der Waals surface area (Å²) in [6.45, 7) is 1.61. The molecule has 1 unspecified atom stereocenters. The zero-order valence-electron chi connectivity index (χ0n) is 23.0. The lowest BCUT2D eigenvalue weighted by atomic mass is 9.78. The van der Waals surface area contributed by atoms with Crippen LogP contribution >= 0.6 is 11.8 Å². The van der Waals surface area contributed by atoms with E-state index in [2.05, 4.69) is 16.4 Å². The van der Waals surface area contributed by atoms with Gasteiger partial charge in [0.1, 0.15) is 18.2 Å². The highest BCUT2D eigenvalue weighted by Crippen LogP contribution is 2.61. The zero-order chi connectivity index (χ0) is 28.8. The quantitative estimate of drug-likeness (QED) is 0.423. The largest absolute Gasteiger partial charge is 0.396 e. The molecular formula is C31H32N6O4S. The van der Waals surface area contributed by atoms with Crippen LogP contribution in [0.1, 0.15) is 12.0 Å². The molecule has 2 saturated heterocycles. The van der Waals surface area contributed by atoms with E-state index >= 15 is 0 Å². The first kappa shape index (κ1) is 26.9. The average molecular weight is 585 g/mol. The number of amides is 3. The number of para-hydroxylation sites is 1. The van der Waals surface area contributed by atoms with Gasteiger partial charge in [-0.15, -0.1) is 16.9 Å². The van der Waals surface area contributed by atoms with E-state index in [4.69, 9.17) is 0 Å². The number of nitrogens with zero attached hydrogens (tertiary/aromatic N) is 6. The minimum Gasteiger partial charge on any atom is -0.396 e. The molecule has 1 aromatic heterocycles. The summed E-state index contributed by atoms with van der Waals surface area (Å²) < 4.78 is 0.804. The van der Waals surface area contributed by atoms with Crippen LogP contribution < -0.4 is 0 Å². The third kappa shape index (κ3) is 4.25. The molecule has 1 N–H and O–H groups in total. The summed E-state index contributed by atoms with van der Waals surface area (Å²) in [6.07, 6.45) is 8.39. The highest BCUT2D eigenvalue weighted by Gasteiger charge is 2.70. The van der Waals surface area contributed by atoms with Gasteiger partial charge in [0.2, 0.25) is 17.7 Å². The van der Waals surface area contributed by atoms with E-state index in [1.54, 1.807) is 26.2 Å². The van der Waals surface area contributed by atoms with Gasteiger partial charge in [0.25, 0.3) is 0 Å². The standard InChI is InChI=1S/C31H32N6O4S/c38-18-8-17-36-27-30(41)35(20-37-23-12-5-4-11-22(23)32-33-37)16-7-14-31(27)26(29(36)40)25-24(42-31)13-6-15-34(28(25)39)19-21-9-2-1-3-10-21/h1-7,9-14,24-27,38H,8,15-20H2/t24-,25+,26+,27?,31+/m1/s1. The SMILES string of the molecule is O=C1C2N(CCCO)C(=O)[C@@H]3[C@H]4C(=O)N(Cc5ccccc5)CC=C[C@H]4S[C@]23C=CCN1Cn1nnc2ccccc21. The molecule has 11 heteroatoms. The fourth-order valence-electron chi connectivity index (χ4n) is 6.97. The molecule has 10 nitrogen and oxygen atoms in total. The lowest BCUT2D eigenvalue weighted by molar-refractivity contribution is -0.145. The molecule has 4 aliphatic heterocycles. The molecule has 5 heterocycles. The number of hydrogen-bond donors (Lipinski definition) is 1. The Kier molecular flexibility index (Phi) is 6.86. The molecule has 0 aliphatic carbocycles. The van der Waals surface area contributed by atoms with E-state index in [1.807, 2.05) is 77.7 Å². The Morgan fingerprint density at radius 1 is 0.929 bits per heavy atom. The van der Waals surface area contributed by atoms with E-state index in [-0.39, 0.29) is 42.8 Å². The van der Waals surface area contributed by atoms with E-state index in [1.165, 1.54) is 0 Å². The van der Waals surface area contributed by atoms with Crippen LogP contribution in [0.15, 0.2) is 78.9 Å². The van der Waals surface area contributed by atoms with Gasteiger partial charge in [-0.05, 0) is 24.1 Å². The van der Waals surface area contributed by atoms with Crippen molar-refractivity contribution in [1.29, 1.82) is 0 Å². The summed E-state index contributed by atoms with van der Waals surface area (Å²) in [5, 5.41) is 17.9. The van der Waals surface area contributed by atoms with Crippen molar-refractivity contribution in [1.82, 2.24) is 29.7 Å². The van der Waals surface area contributed by atoms with Crippen LogP contribution in [0.4, 0.5) is 0 Å². The second-order valence-electron chi connectivity index (χ2n) is 11.3. The molecule has 2 fully saturated rings. The van der Waals surface area contributed by atoms with Crippen molar-refractivity contribution in [2.75, 3.05) is 26.2 Å². The van der Waals surface area contributed by atoms with Crippen LogP contribution in [0.2, 0.25) is 0 Å². The van der Waals surface area contributed by atoms with Gasteiger partial charge in [0, 0.05) is 38.0 Å². The topological polar surface area (TPSA) is 112 Å². The summed E-state index contributed by atoms with van der Waals surface area (Å²) in [5.41, 5.74) is 2.58. The molecule has 0 saturated carbocycles. The van der Waals surface area contributed by atoms with Gasteiger partial charge in [-0.3, -0.25) is 14.4 Å². The number of rotatable bonds is 7. The molecule has 0 radical (unpaired) electrons.